The van der Waals surface area contributed by atoms with Gasteiger partial charge in [0.05, 0.1) is 16.5 Å². The standard InChI is InChI=1S/C20H16F3S/c1-15-12-16(20(21,22)23)14-19(13-15)24(17-8-4-2-5-9-17)18-10-6-3-7-11-18/h2-14H,1H3/q+1. The van der Waals surface area contributed by atoms with Crippen molar-refractivity contribution in [2.75, 3.05) is 0 Å². The molecule has 0 saturated heterocycles. The highest BCUT2D eigenvalue weighted by Crippen LogP contribution is 2.36. The summed E-state index contributed by atoms with van der Waals surface area (Å²) in [4.78, 5) is 2.68. The Bertz CT molecular complexity index is 772. The van der Waals surface area contributed by atoms with Gasteiger partial charge in [-0.05, 0) is 48.9 Å². The van der Waals surface area contributed by atoms with Crippen LogP contribution in [0.1, 0.15) is 11.1 Å². The third kappa shape index (κ3) is 3.65. The summed E-state index contributed by atoms with van der Waals surface area (Å²) in [6.45, 7) is 1.70. The van der Waals surface area contributed by atoms with E-state index in [1.54, 1.807) is 6.92 Å². The molecule has 0 aliphatic heterocycles. The summed E-state index contributed by atoms with van der Waals surface area (Å²) in [5, 5.41) is 0. The van der Waals surface area contributed by atoms with Crippen LogP contribution >= 0.6 is 0 Å². The fourth-order valence-electron chi connectivity index (χ4n) is 2.55. The quantitative estimate of drug-likeness (QED) is 0.502. The molecule has 0 fully saturated rings. The second-order valence-electron chi connectivity index (χ2n) is 5.46. The van der Waals surface area contributed by atoms with Crippen LogP contribution in [0.15, 0.2) is 93.5 Å². The van der Waals surface area contributed by atoms with Gasteiger partial charge in [0, 0.05) is 6.07 Å². The molecule has 0 amide bonds. The van der Waals surface area contributed by atoms with E-state index >= 15 is 0 Å². The molecule has 0 saturated carbocycles. The van der Waals surface area contributed by atoms with Crippen LogP contribution in [0.4, 0.5) is 13.2 Å². The number of hydrogen-bond acceptors (Lipinski definition) is 0. The van der Waals surface area contributed by atoms with Crippen LogP contribution in [0.5, 0.6) is 0 Å². The fraction of sp³-hybridized carbons (Fsp3) is 0.100. The lowest BCUT2D eigenvalue weighted by atomic mass is 10.1. The molecule has 24 heavy (non-hydrogen) atoms. The number of aryl methyl sites for hydroxylation is 1. The predicted octanol–water partition coefficient (Wildman–Crippen LogP) is 6.11. The maximum atomic E-state index is 13.2. The summed E-state index contributed by atoms with van der Waals surface area (Å²) in [5.74, 6) is 0. The Kier molecular flexibility index (Phi) is 4.67. The number of benzene rings is 3. The maximum absolute atomic E-state index is 13.2. The summed E-state index contributed by atoms with van der Waals surface area (Å²) in [7, 11) is -0.570. The lowest BCUT2D eigenvalue weighted by molar-refractivity contribution is -0.137. The van der Waals surface area contributed by atoms with Crippen LogP contribution in [-0.2, 0) is 17.1 Å². The summed E-state index contributed by atoms with van der Waals surface area (Å²) in [6.07, 6.45) is -4.34. The van der Waals surface area contributed by atoms with Gasteiger partial charge in [-0.3, -0.25) is 0 Å². The number of rotatable bonds is 3. The van der Waals surface area contributed by atoms with Crippen LogP contribution in [0.3, 0.4) is 0 Å². The van der Waals surface area contributed by atoms with E-state index in [0.29, 0.717) is 10.5 Å². The van der Waals surface area contributed by atoms with Gasteiger partial charge in [0.1, 0.15) is 0 Å². The molecule has 0 N–H and O–H groups in total. The Morgan fingerprint density at radius 3 is 1.62 bits per heavy atom. The topological polar surface area (TPSA) is 0 Å². The van der Waals surface area contributed by atoms with Crippen molar-refractivity contribution in [3.05, 3.63) is 90.0 Å². The number of alkyl halides is 3. The average molecular weight is 345 g/mol. The SMILES string of the molecule is Cc1cc([S+](c2ccccc2)c2ccccc2)cc(C(F)(F)F)c1. The third-order valence-electron chi connectivity index (χ3n) is 3.57. The maximum Gasteiger partial charge on any atom is 0.416 e. The van der Waals surface area contributed by atoms with E-state index < -0.39 is 22.6 Å². The Labute approximate surface area is 142 Å². The minimum absolute atomic E-state index is 0.570. The summed E-state index contributed by atoms with van der Waals surface area (Å²) in [6, 6.07) is 23.7. The van der Waals surface area contributed by atoms with Gasteiger partial charge < -0.3 is 0 Å². The molecule has 0 unspecified atom stereocenters. The minimum Gasteiger partial charge on any atom is -0.166 e. The predicted molar refractivity (Wildman–Crippen MR) is 91.2 cm³/mol. The van der Waals surface area contributed by atoms with Gasteiger partial charge in [0.25, 0.3) is 0 Å². The lowest BCUT2D eigenvalue weighted by Crippen LogP contribution is -2.10. The lowest BCUT2D eigenvalue weighted by Gasteiger charge is -2.12. The van der Waals surface area contributed by atoms with Gasteiger partial charge in [-0.1, -0.05) is 36.4 Å². The Morgan fingerprint density at radius 1 is 0.667 bits per heavy atom. The van der Waals surface area contributed by atoms with Gasteiger partial charge in [-0.25, -0.2) is 0 Å². The highest BCUT2D eigenvalue weighted by atomic mass is 32.2. The molecule has 0 nitrogen and oxygen atoms in total. The monoisotopic (exact) mass is 345 g/mol. The first kappa shape index (κ1) is 16.7. The van der Waals surface area contributed by atoms with Crippen molar-refractivity contribution in [2.45, 2.75) is 27.8 Å². The van der Waals surface area contributed by atoms with Crippen LogP contribution in [0, 0.1) is 6.92 Å². The first-order chi connectivity index (χ1) is 11.4. The summed E-state index contributed by atoms with van der Waals surface area (Å²) in [5.41, 5.74) is 0.0195. The number of hydrogen-bond donors (Lipinski definition) is 0. The molecule has 3 aromatic rings. The second-order valence-corrected chi connectivity index (χ2v) is 7.49. The largest absolute Gasteiger partial charge is 0.416 e. The first-order valence-corrected chi connectivity index (χ1v) is 8.71. The van der Waals surface area contributed by atoms with Gasteiger partial charge in [-0.2, -0.15) is 13.2 Å². The molecule has 0 aromatic heterocycles. The highest BCUT2D eigenvalue weighted by molar-refractivity contribution is 7.97. The zero-order valence-electron chi connectivity index (χ0n) is 13.0. The van der Waals surface area contributed by atoms with Crippen molar-refractivity contribution < 1.29 is 13.2 Å². The van der Waals surface area contributed by atoms with E-state index in [4.69, 9.17) is 0 Å². The second kappa shape index (κ2) is 6.73. The molecule has 0 atom stereocenters. The minimum atomic E-state index is -4.34. The third-order valence-corrected chi connectivity index (χ3v) is 5.77. The molecular weight excluding hydrogens is 329 g/mol. The number of halogens is 3. The van der Waals surface area contributed by atoms with Gasteiger partial charge in [0.15, 0.2) is 14.7 Å². The van der Waals surface area contributed by atoms with E-state index in [2.05, 4.69) is 0 Å². The Hall–Kier alpha value is -2.20. The molecule has 0 heterocycles. The highest BCUT2D eigenvalue weighted by Gasteiger charge is 2.35. The van der Waals surface area contributed by atoms with E-state index in [1.165, 1.54) is 12.1 Å². The molecule has 3 aromatic carbocycles. The van der Waals surface area contributed by atoms with Crippen molar-refractivity contribution in [1.29, 1.82) is 0 Å². The smallest absolute Gasteiger partial charge is 0.166 e. The van der Waals surface area contributed by atoms with Crippen LogP contribution in [-0.4, -0.2) is 0 Å². The van der Waals surface area contributed by atoms with E-state index in [9.17, 15) is 13.2 Å². The van der Waals surface area contributed by atoms with Crippen molar-refractivity contribution in [3.8, 4) is 0 Å². The first-order valence-electron chi connectivity index (χ1n) is 7.48. The zero-order chi connectivity index (χ0) is 17.2. The molecule has 0 bridgehead atoms. The van der Waals surface area contributed by atoms with Crippen molar-refractivity contribution in [2.24, 2.45) is 0 Å². The van der Waals surface area contributed by atoms with E-state index in [-0.39, 0.29) is 0 Å². The zero-order valence-corrected chi connectivity index (χ0v) is 13.9. The molecule has 122 valence electrons. The van der Waals surface area contributed by atoms with Crippen LogP contribution in [0.25, 0.3) is 0 Å². The van der Waals surface area contributed by atoms with Crippen molar-refractivity contribution in [1.82, 2.24) is 0 Å². The van der Waals surface area contributed by atoms with E-state index in [1.807, 2.05) is 66.7 Å². The Morgan fingerprint density at radius 2 is 1.17 bits per heavy atom. The normalized spacial score (nSPS) is 11.7. The van der Waals surface area contributed by atoms with Gasteiger partial charge in [0.2, 0.25) is 0 Å². The average Bonchev–Trinajstić information content (AvgIpc) is 2.56. The molecular formula is C20H16F3S+. The summed E-state index contributed by atoms with van der Waals surface area (Å²) >= 11 is 0. The molecule has 4 heteroatoms. The fourth-order valence-corrected chi connectivity index (χ4v) is 4.77. The van der Waals surface area contributed by atoms with Crippen LogP contribution in [0.2, 0.25) is 0 Å². The molecule has 3 rings (SSSR count). The van der Waals surface area contributed by atoms with Crippen molar-refractivity contribution >= 4 is 10.9 Å². The van der Waals surface area contributed by atoms with Gasteiger partial charge >= 0.3 is 6.18 Å². The Balaban J connectivity index is 2.19. The van der Waals surface area contributed by atoms with E-state index in [0.717, 1.165) is 9.79 Å². The molecule has 0 aliphatic carbocycles. The summed E-state index contributed by atoms with van der Waals surface area (Å²) < 4.78 is 39.7. The molecule has 0 spiro atoms. The van der Waals surface area contributed by atoms with Crippen molar-refractivity contribution in [3.63, 3.8) is 0 Å². The van der Waals surface area contributed by atoms with Crippen LogP contribution < -0.4 is 0 Å². The molecule has 0 radical (unpaired) electrons. The van der Waals surface area contributed by atoms with Gasteiger partial charge in [-0.15, -0.1) is 0 Å². The molecule has 0 aliphatic rings.